The minimum atomic E-state index is 0.640. The monoisotopic (exact) mass is 354 g/mol. The van der Waals surface area contributed by atoms with Gasteiger partial charge in [0, 0.05) is 23.5 Å². The molecule has 0 aliphatic heterocycles. The lowest BCUT2D eigenvalue weighted by Crippen LogP contribution is -2.07. The zero-order valence-electron chi connectivity index (χ0n) is 11.6. The van der Waals surface area contributed by atoms with Crippen molar-refractivity contribution in [1.82, 2.24) is 9.97 Å². The zero-order chi connectivity index (χ0) is 14.7. The summed E-state index contributed by atoms with van der Waals surface area (Å²) in [5.74, 6) is 2.38. The van der Waals surface area contributed by atoms with Crippen molar-refractivity contribution in [1.29, 1.82) is 0 Å². The molecule has 0 amide bonds. The quantitative estimate of drug-likeness (QED) is 0.845. The Morgan fingerprint density at radius 2 is 1.95 bits per heavy atom. The molecule has 2 rings (SSSR count). The van der Waals surface area contributed by atoms with Crippen molar-refractivity contribution >= 4 is 44.9 Å². The average molecular weight is 356 g/mol. The minimum Gasteiger partial charge on any atom is -0.373 e. The molecule has 0 fully saturated rings. The molecular formula is C14H16BrClN4. The minimum absolute atomic E-state index is 0.640. The second-order valence-electron chi connectivity index (χ2n) is 4.31. The lowest BCUT2D eigenvalue weighted by Gasteiger charge is -2.14. The first kappa shape index (κ1) is 15.1. The van der Waals surface area contributed by atoms with E-state index in [1.54, 1.807) is 0 Å². The zero-order valence-corrected chi connectivity index (χ0v) is 13.9. The summed E-state index contributed by atoms with van der Waals surface area (Å²) in [6.45, 7) is 4.00. The van der Waals surface area contributed by atoms with E-state index in [0.29, 0.717) is 5.02 Å². The second kappa shape index (κ2) is 6.41. The fourth-order valence-electron chi connectivity index (χ4n) is 1.80. The molecule has 0 bridgehead atoms. The van der Waals surface area contributed by atoms with Gasteiger partial charge in [0.15, 0.2) is 0 Å². The van der Waals surface area contributed by atoms with Crippen LogP contribution in [0.1, 0.15) is 18.3 Å². The fraction of sp³-hybridized carbons (Fsp3) is 0.286. The SMILES string of the molecule is CCc1nc(NC)c(C)c(Nc2ccc(Br)cc2Cl)n1. The number of benzene rings is 1. The Kier molecular flexibility index (Phi) is 4.83. The van der Waals surface area contributed by atoms with E-state index in [-0.39, 0.29) is 0 Å². The lowest BCUT2D eigenvalue weighted by atomic mass is 10.2. The van der Waals surface area contributed by atoms with E-state index >= 15 is 0 Å². The summed E-state index contributed by atoms with van der Waals surface area (Å²) in [5.41, 5.74) is 1.78. The number of nitrogens with zero attached hydrogens (tertiary/aromatic N) is 2. The summed E-state index contributed by atoms with van der Waals surface area (Å²) in [7, 11) is 1.85. The lowest BCUT2D eigenvalue weighted by molar-refractivity contribution is 0.935. The Hall–Kier alpha value is -1.33. The Bertz CT molecular complexity index is 631. The van der Waals surface area contributed by atoms with Gasteiger partial charge in [-0.1, -0.05) is 34.5 Å². The summed E-state index contributed by atoms with van der Waals surface area (Å²) in [5, 5.41) is 7.00. The van der Waals surface area contributed by atoms with Crippen molar-refractivity contribution in [2.45, 2.75) is 20.3 Å². The highest BCUT2D eigenvalue weighted by molar-refractivity contribution is 9.10. The number of rotatable bonds is 4. The number of halogens is 2. The standard InChI is InChI=1S/C14H16BrClN4/c1-4-12-19-13(17-3)8(2)14(20-12)18-11-6-5-9(15)7-10(11)16/h5-7H,4H2,1-3H3,(H2,17,18,19,20). The van der Waals surface area contributed by atoms with Gasteiger partial charge in [0.05, 0.1) is 10.7 Å². The van der Waals surface area contributed by atoms with Crippen LogP contribution in [0.25, 0.3) is 0 Å². The molecule has 6 heteroatoms. The number of hydrogen-bond donors (Lipinski definition) is 2. The molecule has 1 heterocycles. The van der Waals surface area contributed by atoms with Crippen molar-refractivity contribution in [3.63, 3.8) is 0 Å². The largest absolute Gasteiger partial charge is 0.373 e. The van der Waals surface area contributed by atoms with Crippen molar-refractivity contribution in [3.8, 4) is 0 Å². The van der Waals surface area contributed by atoms with E-state index in [9.17, 15) is 0 Å². The first-order chi connectivity index (χ1) is 9.55. The Morgan fingerprint density at radius 1 is 1.25 bits per heavy atom. The van der Waals surface area contributed by atoms with Crippen LogP contribution in [0.3, 0.4) is 0 Å². The molecule has 2 aromatic rings. The molecule has 0 atom stereocenters. The van der Waals surface area contributed by atoms with Crippen LogP contribution in [0.15, 0.2) is 22.7 Å². The highest BCUT2D eigenvalue weighted by atomic mass is 79.9. The van der Waals surface area contributed by atoms with Gasteiger partial charge in [-0.2, -0.15) is 0 Å². The molecule has 106 valence electrons. The summed E-state index contributed by atoms with van der Waals surface area (Å²) in [6, 6.07) is 5.70. The first-order valence-corrected chi connectivity index (χ1v) is 7.49. The van der Waals surface area contributed by atoms with Crippen LogP contribution in [-0.2, 0) is 6.42 Å². The fourth-order valence-corrected chi connectivity index (χ4v) is 2.53. The smallest absolute Gasteiger partial charge is 0.139 e. The van der Waals surface area contributed by atoms with Crippen LogP contribution >= 0.6 is 27.5 Å². The van der Waals surface area contributed by atoms with Crippen molar-refractivity contribution in [2.75, 3.05) is 17.7 Å². The molecular weight excluding hydrogens is 340 g/mol. The molecule has 20 heavy (non-hydrogen) atoms. The predicted molar refractivity (Wildman–Crippen MR) is 88.1 cm³/mol. The third-order valence-corrected chi connectivity index (χ3v) is 3.74. The molecule has 0 saturated heterocycles. The molecule has 0 aliphatic carbocycles. The molecule has 4 nitrogen and oxygen atoms in total. The topological polar surface area (TPSA) is 49.8 Å². The van der Waals surface area contributed by atoms with Gasteiger partial charge in [0.2, 0.25) is 0 Å². The highest BCUT2D eigenvalue weighted by Gasteiger charge is 2.11. The number of nitrogens with one attached hydrogen (secondary N) is 2. The molecule has 0 radical (unpaired) electrons. The normalized spacial score (nSPS) is 10.4. The van der Waals surface area contributed by atoms with E-state index in [2.05, 4.69) is 36.5 Å². The van der Waals surface area contributed by atoms with Crippen molar-refractivity contribution in [3.05, 3.63) is 39.1 Å². The summed E-state index contributed by atoms with van der Waals surface area (Å²) < 4.78 is 0.942. The van der Waals surface area contributed by atoms with Crippen LogP contribution < -0.4 is 10.6 Å². The van der Waals surface area contributed by atoms with Crippen molar-refractivity contribution in [2.24, 2.45) is 0 Å². The Labute approximate surface area is 132 Å². The molecule has 0 spiro atoms. The Balaban J connectivity index is 2.42. The van der Waals surface area contributed by atoms with Gasteiger partial charge in [-0.25, -0.2) is 9.97 Å². The molecule has 0 aliphatic rings. The van der Waals surface area contributed by atoms with Crippen LogP contribution in [0.2, 0.25) is 5.02 Å². The molecule has 0 saturated carbocycles. The summed E-state index contributed by atoms with van der Waals surface area (Å²) in [4.78, 5) is 8.97. The molecule has 0 unspecified atom stereocenters. The van der Waals surface area contributed by atoms with Gasteiger partial charge in [-0.3, -0.25) is 0 Å². The number of anilines is 3. The predicted octanol–water partition coefficient (Wildman–Crippen LogP) is 4.55. The van der Waals surface area contributed by atoms with E-state index in [4.69, 9.17) is 11.6 Å². The average Bonchev–Trinajstić information content (AvgIpc) is 2.43. The molecule has 1 aromatic carbocycles. The van der Waals surface area contributed by atoms with Gasteiger partial charge in [0.1, 0.15) is 17.5 Å². The van der Waals surface area contributed by atoms with Gasteiger partial charge in [-0.05, 0) is 25.1 Å². The van der Waals surface area contributed by atoms with Crippen LogP contribution in [0.5, 0.6) is 0 Å². The van der Waals surface area contributed by atoms with E-state index in [1.807, 2.05) is 39.1 Å². The number of aromatic nitrogens is 2. The third-order valence-electron chi connectivity index (χ3n) is 2.93. The van der Waals surface area contributed by atoms with E-state index < -0.39 is 0 Å². The van der Waals surface area contributed by atoms with Gasteiger partial charge in [0.25, 0.3) is 0 Å². The maximum Gasteiger partial charge on any atom is 0.139 e. The van der Waals surface area contributed by atoms with E-state index in [1.165, 1.54) is 0 Å². The number of aryl methyl sites for hydroxylation is 1. The van der Waals surface area contributed by atoms with Crippen LogP contribution in [0, 0.1) is 6.92 Å². The van der Waals surface area contributed by atoms with Gasteiger partial charge >= 0.3 is 0 Å². The summed E-state index contributed by atoms with van der Waals surface area (Å²) >= 11 is 9.62. The number of hydrogen-bond acceptors (Lipinski definition) is 4. The maximum absolute atomic E-state index is 6.23. The maximum atomic E-state index is 6.23. The third kappa shape index (κ3) is 3.22. The van der Waals surface area contributed by atoms with E-state index in [0.717, 1.165) is 39.6 Å². The second-order valence-corrected chi connectivity index (χ2v) is 5.64. The highest BCUT2D eigenvalue weighted by Crippen LogP contribution is 2.30. The van der Waals surface area contributed by atoms with Crippen LogP contribution in [-0.4, -0.2) is 17.0 Å². The molecule has 2 N–H and O–H groups in total. The van der Waals surface area contributed by atoms with Gasteiger partial charge < -0.3 is 10.6 Å². The van der Waals surface area contributed by atoms with Crippen LogP contribution in [0.4, 0.5) is 17.3 Å². The molecule has 1 aromatic heterocycles. The van der Waals surface area contributed by atoms with Gasteiger partial charge in [-0.15, -0.1) is 0 Å². The first-order valence-electron chi connectivity index (χ1n) is 6.32. The van der Waals surface area contributed by atoms with Crippen molar-refractivity contribution < 1.29 is 0 Å². The summed E-state index contributed by atoms with van der Waals surface area (Å²) in [6.07, 6.45) is 0.776. The Morgan fingerprint density at radius 3 is 2.55 bits per heavy atom.